The average Bonchev–Trinajstić information content (AvgIpc) is 2.28. The number of carboxylic acids is 2. The molecule has 0 bridgehead atoms. The van der Waals surface area contributed by atoms with Gasteiger partial charge in [-0.2, -0.15) is 0 Å². The molecule has 0 amide bonds. The van der Waals surface area contributed by atoms with E-state index in [9.17, 15) is 14.4 Å². The number of carbonyl (C=O) groups excluding carboxylic acids is 1. The Kier molecular flexibility index (Phi) is 2.55. The molecule has 0 aliphatic carbocycles. The van der Waals surface area contributed by atoms with Crippen LogP contribution in [0.1, 0.15) is 10.4 Å². The number of ether oxygens (including phenoxy) is 1. The van der Waals surface area contributed by atoms with E-state index in [1.165, 1.54) is 12.1 Å². The van der Waals surface area contributed by atoms with Gasteiger partial charge in [0.15, 0.2) is 11.7 Å². The van der Waals surface area contributed by atoms with Crippen LogP contribution < -0.4 is 4.74 Å². The van der Waals surface area contributed by atoms with Crippen LogP contribution in [0.15, 0.2) is 24.3 Å². The second kappa shape index (κ2) is 3.89. The summed E-state index contributed by atoms with van der Waals surface area (Å²) in [6.07, 6.45) is -1.69. The van der Waals surface area contributed by atoms with Gasteiger partial charge in [-0.25, -0.2) is 4.79 Å². The molecule has 0 saturated carbocycles. The second-order valence-electron chi connectivity index (χ2n) is 3.55. The highest BCUT2D eigenvalue weighted by atomic mass is 16.5. The largest absolute Gasteiger partial charge is 0.481 e. The fourth-order valence-electron chi connectivity index (χ4n) is 1.72. The van der Waals surface area contributed by atoms with Crippen LogP contribution in [0.5, 0.6) is 5.75 Å². The molecule has 0 saturated heterocycles. The minimum atomic E-state index is -1.71. The summed E-state index contributed by atoms with van der Waals surface area (Å²) >= 11 is 0. The van der Waals surface area contributed by atoms with Crippen molar-refractivity contribution in [3.05, 3.63) is 29.8 Å². The molecule has 0 unspecified atom stereocenters. The third-order valence-corrected chi connectivity index (χ3v) is 2.50. The fraction of sp³-hybridized carbons (Fsp3) is 0.182. The number of hydrogen-bond acceptors (Lipinski definition) is 4. The standard InChI is InChI=1S/C11H8O6/c12-8-5-3-1-2-4-6(5)17-9(11(15)16)7(8)10(13)14/h1-4,7,9H,(H,13,14)(H,15,16)/t7-,9-/m0/s1. The van der Waals surface area contributed by atoms with E-state index in [0.717, 1.165) is 0 Å². The summed E-state index contributed by atoms with van der Waals surface area (Å²) in [5.41, 5.74) is 0.0948. The van der Waals surface area contributed by atoms with Gasteiger partial charge in [0, 0.05) is 0 Å². The number of fused-ring (bicyclic) bond motifs is 1. The summed E-state index contributed by atoms with van der Waals surface area (Å²) < 4.78 is 5.04. The molecule has 6 heteroatoms. The predicted octanol–water partition coefficient (Wildman–Crippen LogP) is 0.416. The number of aliphatic carboxylic acids is 2. The van der Waals surface area contributed by atoms with Crippen LogP contribution >= 0.6 is 0 Å². The summed E-state index contributed by atoms with van der Waals surface area (Å²) in [6, 6.07) is 5.97. The molecule has 0 fully saturated rings. The Hall–Kier alpha value is -2.37. The number of carbonyl (C=O) groups is 3. The number of hydrogen-bond donors (Lipinski definition) is 2. The molecule has 2 rings (SSSR count). The van der Waals surface area contributed by atoms with Gasteiger partial charge in [-0.15, -0.1) is 0 Å². The Morgan fingerprint density at radius 3 is 2.35 bits per heavy atom. The number of rotatable bonds is 2. The van der Waals surface area contributed by atoms with E-state index in [-0.39, 0.29) is 11.3 Å². The molecule has 0 spiro atoms. The van der Waals surface area contributed by atoms with Crippen molar-refractivity contribution in [3.63, 3.8) is 0 Å². The van der Waals surface area contributed by atoms with Crippen LogP contribution in [-0.4, -0.2) is 34.0 Å². The summed E-state index contributed by atoms with van der Waals surface area (Å²) in [5.74, 6) is -5.33. The maximum atomic E-state index is 11.8. The van der Waals surface area contributed by atoms with Gasteiger partial charge in [0.2, 0.25) is 6.10 Å². The Morgan fingerprint density at radius 1 is 1.12 bits per heavy atom. The first-order valence-corrected chi connectivity index (χ1v) is 4.78. The van der Waals surface area contributed by atoms with E-state index in [2.05, 4.69) is 0 Å². The highest BCUT2D eigenvalue weighted by Gasteiger charge is 2.46. The van der Waals surface area contributed by atoms with Crippen molar-refractivity contribution in [3.8, 4) is 5.75 Å². The number of ketones is 1. The van der Waals surface area contributed by atoms with Gasteiger partial charge < -0.3 is 14.9 Å². The third-order valence-electron chi connectivity index (χ3n) is 2.50. The monoisotopic (exact) mass is 236 g/mol. The van der Waals surface area contributed by atoms with Gasteiger partial charge >= 0.3 is 11.9 Å². The van der Waals surface area contributed by atoms with Crippen LogP contribution in [0.3, 0.4) is 0 Å². The zero-order chi connectivity index (χ0) is 12.6. The molecule has 0 aromatic heterocycles. The van der Waals surface area contributed by atoms with Crippen molar-refractivity contribution in [2.45, 2.75) is 6.10 Å². The lowest BCUT2D eigenvalue weighted by Crippen LogP contribution is -2.47. The minimum absolute atomic E-state index is 0.0948. The van der Waals surface area contributed by atoms with Gasteiger partial charge in [0.05, 0.1) is 5.56 Å². The fourth-order valence-corrected chi connectivity index (χ4v) is 1.72. The van der Waals surface area contributed by atoms with Crippen molar-refractivity contribution in [1.82, 2.24) is 0 Å². The Balaban J connectivity index is 2.52. The van der Waals surface area contributed by atoms with E-state index in [1.807, 2.05) is 0 Å². The van der Waals surface area contributed by atoms with Gasteiger partial charge in [0.25, 0.3) is 0 Å². The maximum Gasteiger partial charge on any atom is 0.346 e. The van der Waals surface area contributed by atoms with Gasteiger partial charge in [-0.1, -0.05) is 12.1 Å². The molecular formula is C11H8O6. The Morgan fingerprint density at radius 2 is 1.76 bits per heavy atom. The molecule has 2 atom stereocenters. The van der Waals surface area contributed by atoms with Crippen molar-refractivity contribution in [2.75, 3.05) is 0 Å². The lowest BCUT2D eigenvalue weighted by atomic mass is 9.89. The van der Waals surface area contributed by atoms with Crippen LogP contribution in [0, 0.1) is 5.92 Å². The van der Waals surface area contributed by atoms with Crippen LogP contribution in [0.4, 0.5) is 0 Å². The maximum absolute atomic E-state index is 11.8. The molecule has 1 aliphatic heterocycles. The smallest absolute Gasteiger partial charge is 0.346 e. The molecule has 2 N–H and O–H groups in total. The first-order valence-electron chi connectivity index (χ1n) is 4.78. The lowest BCUT2D eigenvalue weighted by molar-refractivity contribution is -0.156. The van der Waals surface area contributed by atoms with Crippen LogP contribution in [0.25, 0.3) is 0 Å². The van der Waals surface area contributed by atoms with Crippen LogP contribution in [0.2, 0.25) is 0 Å². The number of benzene rings is 1. The molecule has 1 aromatic rings. The second-order valence-corrected chi connectivity index (χ2v) is 3.55. The van der Waals surface area contributed by atoms with E-state index >= 15 is 0 Å². The summed E-state index contributed by atoms with van der Waals surface area (Å²) in [7, 11) is 0. The average molecular weight is 236 g/mol. The lowest BCUT2D eigenvalue weighted by Gasteiger charge is -2.27. The van der Waals surface area contributed by atoms with E-state index in [4.69, 9.17) is 14.9 Å². The topological polar surface area (TPSA) is 101 Å². The number of Topliss-reactive ketones (excluding diaryl/α,β-unsaturated/α-hetero) is 1. The van der Waals surface area contributed by atoms with E-state index in [0.29, 0.717) is 0 Å². The van der Waals surface area contributed by atoms with E-state index < -0.39 is 29.7 Å². The van der Waals surface area contributed by atoms with Crippen molar-refractivity contribution in [1.29, 1.82) is 0 Å². The molecule has 6 nitrogen and oxygen atoms in total. The van der Waals surface area contributed by atoms with Crippen molar-refractivity contribution in [2.24, 2.45) is 5.92 Å². The first-order chi connectivity index (χ1) is 8.02. The van der Waals surface area contributed by atoms with Gasteiger partial charge in [-0.05, 0) is 12.1 Å². The summed E-state index contributed by atoms with van der Waals surface area (Å²) in [5, 5.41) is 17.7. The zero-order valence-electron chi connectivity index (χ0n) is 8.49. The predicted molar refractivity (Wildman–Crippen MR) is 54.0 cm³/mol. The summed E-state index contributed by atoms with van der Waals surface area (Å²) in [4.78, 5) is 33.7. The highest BCUT2D eigenvalue weighted by molar-refractivity contribution is 6.13. The van der Waals surface area contributed by atoms with Crippen LogP contribution in [-0.2, 0) is 9.59 Å². The minimum Gasteiger partial charge on any atom is -0.481 e. The molecule has 1 aromatic carbocycles. The molecule has 1 aliphatic rings. The quantitative estimate of drug-likeness (QED) is 0.721. The Labute approximate surface area is 95.4 Å². The SMILES string of the molecule is O=C(O)[C@H]1C(=O)c2ccccc2O[C@@H]1C(=O)O. The zero-order valence-corrected chi connectivity index (χ0v) is 8.49. The summed E-state index contributed by atoms with van der Waals surface area (Å²) in [6.45, 7) is 0. The highest BCUT2D eigenvalue weighted by Crippen LogP contribution is 2.30. The molecule has 1 heterocycles. The normalized spacial score (nSPS) is 22.5. The molecular weight excluding hydrogens is 228 g/mol. The van der Waals surface area contributed by atoms with Crippen molar-refractivity contribution < 1.29 is 29.3 Å². The third kappa shape index (κ3) is 1.73. The first kappa shape index (κ1) is 11.1. The van der Waals surface area contributed by atoms with Gasteiger partial charge in [-0.3, -0.25) is 9.59 Å². The number of carboxylic acid groups (broad SMARTS) is 2. The van der Waals surface area contributed by atoms with Gasteiger partial charge in [0.1, 0.15) is 5.75 Å². The molecule has 0 radical (unpaired) electrons. The molecule has 17 heavy (non-hydrogen) atoms. The molecule has 88 valence electrons. The van der Waals surface area contributed by atoms with Crippen molar-refractivity contribution >= 4 is 17.7 Å². The Bertz CT molecular complexity index is 506. The van der Waals surface area contributed by atoms with E-state index in [1.54, 1.807) is 12.1 Å². The number of para-hydroxylation sites is 1.